The first-order valence-electron chi connectivity index (χ1n) is 5.70. The summed E-state index contributed by atoms with van der Waals surface area (Å²) in [6.07, 6.45) is 5.54. The van der Waals surface area contributed by atoms with Crippen molar-refractivity contribution in [1.29, 1.82) is 0 Å². The maximum atomic E-state index is 11.6. The molecule has 1 amide bonds. The van der Waals surface area contributed by atoms with Gasteiger partial charge in [-0.1, -0.05) is 6.92 Å². The summed E-state index contributed by atoms with van der Waals surface area (Å²) in [6, 6.07) is 0.409. The van der Waals surface area contributed by atoms with Crippen LogP contribution in [0.4, 0.5) is 0 Å². The van der Waals surface area contributed by atoms with Crippen LogP contribution in [0.1, 0.15) is 33.1 Å². The molecule has 4 heteroatoms. The van der Waals surface area contributed by atoms with E-state index in [4.69, 9.17) is 0 Å². The summed E-state index contributed by atoms with van der Waals surface area (Å²) in [6.45, 7) is 5.06. The topological polar surface area (TPSA) is 41.1 Å². The number of hydrogen-bond acceptors (Lipinski definition) is 3. The van der Waals surface area contributed by atoms with Gasteiger partial charge in [-0.25, -0.2) is 0 Å². The van der Waals surface area contributed by atoms with Crippen molar-refractivity contribution >= 4 is 17.7 Å². The number of hydrogen-bond donors (Lipinski definition) is 2. The highest BCUT2D eigenvalue weighted by Crippen LogP contribution is 2.18. The third-order valence-electron chi connectivity index (χ3n) is 2.72. The van der Waals surface area contributed by atoms with E-state index in [1.165, 1.54) is 0 Å². The Morgan fingerprint density at radius 1 is 1.47 bits per heavy atom. The second-order valence-corrected chi connectivity index (χ2v) is 5.57. The smallest absolute Gasteiger partial charge is 0.237 e. The number of rotatable bonds is 7. The zero-order chi connectivity index (χ0) is 11.3. The molecule has 1 fully saturated rings. The van der Waals surface area contributed by atoms with Gasteiger partial charge in [-0.3, -0.25) is 4.79 Å². The molecule has 0 saturated heterocycles. The van der Waals surface area contributed by atoms with Crippen LogP contribution < -0.4 is 10.6 Å². The highest BCUT2D eigenvalue weighted by molar-refractivity contribution is 7.99. The van der Waals surface area contributed by atoms with Crippen molar-refractivity contribution in [3.63, 3.8) is 0 Å². The summed E-state index contributed by atoms with van der Waals surface area (Å²) in [5.41, 5.74) is 0. The molecule has 1 saturated carbocycles. The average Bonchev–Trinajstić information content (AvgIpc) is 3.01. The minimum atomic E-state index is -0.0559. The lowest BCUT2D eigenvalue weighted by Crippen LogP contribution is -2.43. The molecule has 0 aromatic heterocycles. The summed E-state index contributed by atoms with van der Waals surface area (Å²) < 4.78 is 0. The fourth-order valence-corrected chi connectivity index (χ4v) is 1.62. The molecule has 0 heterocycles. The quantitative estimate of drug-likeness (QED) is 0.694. The predicted octanol–water partition coefficient (Wildman–Crippen LogP) is 1.38. The van der Waals surface area contributed by atoms with Gasteiger partial charge in [-0.2, -0.15) is 11.8 Å². The third kappa shape index (κ3) is 5.42. The molecule has 0 aromatic rings. The Hall–Kier alpha value is -0.220. The zero-order valence-corrected chi connectivity index (χ0v) is 10.7. The predicted molar refractivity (Wildman–Crippen MR) is 66.2 cm³/mol. The molecule has 3 nitrogen and oxygen atoms in total. The van der Waals surface area contributed by atoms with E-state index in [9.17, 15) is 4.79 Å². The summed E-state index contributed by atoms with van der Waals surface area (Å²) >= 11 is 1.86. The Kier molecular flexibility index (Phi) is 5.47. The Morgan fingerprint density at radius 2 is 2.13 bits per heavy atom. The Balaban J connectivity index is 2.05. The molecule has 1 rings (SSSR count). The van der Waals surface area contributed by atoms with E-state index in [-0.39, 0.29) is 11.9 Å². The molecule has 1 aliphatic rings. The van der Waals surface area contributed by atoms with Crippen molar-refractivity contribution in [3.8, 4) is 0 Å². The Labute approximate surface area is 96.8 Å². The monoisotopic (exact) mass is 230 g/mol. The number of amides is 1. The average molecular weight is 230 g/mol. The van der Waals surface area contributed by atoms with Gasteiger partial charge < -0.3 is 10.6 Å². The van der Waals surface area contributed by atoms with E-state index in [0.717, 1.165) is 25.8 Å². The molecule has 0 bridgehead atoms. The molecule has 1 aliphatic carbocycles. The van der Waals surface area contributed by atoms with Crippen LogP contribution in [0.25, 0.3) is 0 Å². The molecule has 2 N–H and O–H groups in total. The second kappa shape index (κ2) is 6.38. The van der Waals surface area contributed by atoms with Crippen molar-refractivity contribution in [3.05, 3.63) is 0 Å². The maximum Gasteiger partial charge on any atom is 0.237 e. The molecular formula is C11H22N2OS. The van der Waals surface area contributed by atoms with Crippen LogP contribution in [0, 0.1) is 0 Å². The fourth-order valence-electron chi connectivity index (χ4n) is 1.27. The van der Waals surface area contributed by atoms with E-state index in [1.54, 1.807) is 0 Å². The van der Waals surface area contributed by atoms with Crippen molar-refractivity contribution in [2.75, 3.05) is 12.8 Å². The molecule has 2 unspecified atom stereocenters. The van der Waals surface area contributed by atoms with E-state index >= 15 is 0 Å². The number of nitrogens with one attached hydrogen (secondary N) is 2. The lowest BCUT2D eigenvalue weighted by molar-refractivity contribution is -0.122. The lowest BCUT2D eigenvalue weighted by atomic mass is 10.2. The van der Waals surface area contributed by atoms with Gasteiger partial charge in [0, 0.05) is 11.3 Å². The standard InChI is InChI=1S/C11H22N2OS/c1-8(15-3)6-7-12-9(2)11(14)13-10-4-5-10/h8-10,12H,4-7H2,1-3H3,(H,13,14). The van der Waals surface area contributed by atoms with Crippen LogP contribution in [0.2, 0.25) is 0 Å². The highest BCUT2D eigenvalue weighted by atomic mass is 32.2. The van der Waals surface area contributed by atoms with Crippen LogP contribution in [0.15, 0.2) is 0 Å². The van der Waals surface area contributed by atoms with Gasteiger partial charge in [-0.15, -0.1) is 0 Å². The molecular weight excluding hydrogens is 208 g/mol. The van der Waals surface area contributed by atoms with Crippen LogP contribution in [0.5, 0.6) is 0 Å². The SMILES string of the molecule is CSC(C)CCNC(C)C(=O)NC1CC1. The highest BCUT2D eigenvalue weighted by Gasteiger charge is 2.25. The van der Waals surface area contributed by atoms with Gasteiger partial charge in [0.15, 0.2) is 0 Å². The van der Waals surface area contributed by atoms with Gasteiger partial charge in [0.05, 0.1) is 6.04 Å². The number of thioether (sulfide) groups is 1. The Bertz CT molecular complexity index is 207. The van der Waals surface area contributed by atoms with Gasteiger partial charge in [0.25, 0.3) is 0 Å². The van der Waals surface area contributed by atoms with Crippen molar-refractivity contribution in [1.82, 2.24) is 10.6 Å². The first-order valence-corrected chi connectivity index (χ1v) is 6.99. The molecule has 0 aromatic carbocycles. The molecule has 2 atom stereocenters. The second-order valence-electron chi connectivity index (χ2n) is 4.29. The maximum absolute atomic E-state index is 11.6. The minimum Gasteiger partial charge on any atom is -0.352 e. The van der Waals surface area contributed by atoms with E-state index in [2.05, 4.69) is 23.8 Å². The van der Waals surface area contributed by atoms with E-state index < -0.39 is 0 Å². The summed E-state index contributed by atoms with van der Waals surface area (Å²) in [7, 11) is 0. The van der Waals surface area contributed by atoms with Gasteiger partial charge >= 0.3 is 0 Å². The number of carbonyl (C=O) groups excluding carboxylic acids is 1. The largest absolute Gasteiger partial charge is 0.352 e. The van der Waals surface area contributed by atoms with Crippen molar-refractivity contribution in [2.24, 2.45) is 0 Å². The molecule has 15 heavy (non-hydrogen) atoms. The van der Waals surface area contributed by atoms with Crippen LogP contribution in [-0.2, 0) is 4.79 Å². The van der Waals surface area contributed by atoms with Gasteiger partial charge in [0.2, 0.25) is 5.91 Å². The molecule has 88 valence electrons. The first kappa shape index (κ1) is 12.8. The summed E-state index contributed by atoms with van der Waals surface area (Å²) in [5, 5.41) is 6.92. The summed E-state index contributed by atoms with van der Waals surface area (Å²) in [5.74, 6) is 0.148. The van der Waals surface area contributed by atoms with Crippen LogP contribution in [0.3, 0.4) is 0 Å². The molecule has 0 radical (unpaired) electrons. The molecule has 0 aliphatic heterocycles. The fraction of sp³-hybridized carbons (Fsp3) is 0.909. The Morgan fingerprint density at radius 3 is 2.67 bits per heavy atom. The summed E-state index contributed by atoms with van der Waals surface area (Å²) in [4.78, 5) is 11.6. The molecule has 0 spiro atoms. The van der Waals surface area contributed by atoms with Crippen LogP contribution >= 0.6 is 11.8 Å². The van der Waals surface area contributed by atoms with Crippen molar-refractivity contribution < 1.29 is 4.79 Å². The van der Waals surface area contributed by atoms with E-state index in [0.29, 0.717) is 11.3 Å². The normalized spacial score (nSPS) is 19.7. The van der Waals surface area contributed by atoms with Gasteiger partial charge in [-0.05, 0) is 39.0 Å². The zero-order valence-electron chi connectivity index (χ0n) is 9.88. The lowest BCUT2D eigenvalue weighted by Gasteiger charge is -2.15. The first-order chi connectivity index (χ1) is 7.13. The van der Waals surface area contributed by atoms with Crippen molar-refractivity contribution in [2.45, 2.75) is 50.4 Å². The third-order valence-corrected chi connectivity index (χ3v) is 3.76. The van der Waals surface area contributed by atoms with Gasteiger partial charge in [0.1, 0.15) is 0 Å². The minimum absolute atomic E-state index is 0.0559. The number of carbonyl (C=O) groups is 1. The van der Waals surface area contributed by atoms with E-state index in [1.807, 2.05) is 18.7 Å². The van der Waals surface area contributed by atoms with Crippen LogP contribution in [-0.4, -0.2) is 36.0 Å².